The molecule has 1 aromatic heterocycles. The van der Waals surface area contributed by atoms with Crippen molar-refractivity contribution in [2.75, 3.05) is 0 Å². The summed E-state index contributed by atoms with van der Waals surface area (Å²) in [6.07, 6.45) is 0.545. The monoisotopic (exact) mass is 389 g/mol. The van der Waals surface area contributed by atoms with Crippen LogP contribution in [0.1, 0.15) is 30.8 Å². The average molecular weight is 390 g/mol. The molecule has 1 unspecified atom stereocenters. The first-order valence-corrected chi connectivity index (χ1v) is 8.92. The van der Waals surface area contributed by atoms with Crippen molar-refractivity contribution < 1.29 is 4.79 Å². The van der Waals surface area contributed by atoms with E-state index in [0.717, 1.165) is 5.56 Å². The van der Waals surface area contributed by atoms with Crippen LogP contribution in [0.15, 0.2) is 47.3 Å². The van der Waals surface area contributed by atoms with Crippen LogP contribution in [0.25, 0.3) is 10.9 Å². The van der Waals surface area contributed by atoms with Crippen LogP contribution >= 0.6 is 23.2 Å². The molecular weight excluding hydrogens is 373 g/mol. The van der Waals surface area contributed by atoms with Gasteiger partial charge in [0.25, 0.3) is 5.56 Å². The van der Waals surface area contributed by atoms with Crippen LogP contribution in [-0.2, 0) is 11.2 Å². The quantitative estimate of drug-likeness (QED) is 0.691. The molecule has 2 aromatic carbocycles. The van der Waals surface area contributed by atoms with E-state index in [9.17, 15) is 9.59 Å². The van der Waals surface area contributed by atoms with Gasteiger partial charge in [0.15, 0.2) is 0 Å². The van der Waals surface area contributed by atoms with Gasteiger partial charge < -0.3 is 10.3 Å². The van der Waals surface area contributed by atoms with Crippen LogP contribution in [0.2, 0.25) is 10.0 Å². The predicted octanol–water partition coefficient (Wildman–Crippen LogP) is 4.04. The Hall–Kier alpha value is -2.37. The Labute approximate surface area is 160 Å². The summed E-state index contributed by atoms with van der Waals surface area (Å²) in [5.41, 5.74) is 1.21. The van der Waals surface area contributed by atoms with Gasteiger partial charge in [0.1, 0.15) is 5.82 Å². The number of hydrogen-bond acceptors (Lipinski definition) is 3. The highest BCUT2D eigenvalue weighted by atomic mass is 35.5. The molecule has 0 bridgehead atoms. The van der Waals surface area contributed by atoms with Crippen LogP contribution in [0.5, 0.6) is 0 Å². The predicted molar refractivity (Wildman–Crippen MR) is 104 cm³/mol. The first kappa shape index (κ1) is 18.4. The third-order valence-corrected chi connectivity index (χ3v) is 4.62. The second-order valence-electron chi connectivity index (χ2n) is 5.98. The molecule has 0 saturated heterocycles. The minimum absolute atomic E-state index is 0.153. The van der Waals surface area contributed by atoms with Crippen LogP contribution < -0.4 is 10.9 Å². The molecule has 3 aromatic rings. The van der Waals surface area contributed by atoms with Crippen LogP contribution in [-0.4, -0.2) is 15.9 Å². The summed E-state index contributed by atoms with van der Waals surface area (Å²) < 4.78 is 0. The van der Waals surface area contributed by atoms with Gasteiger partial charge in [-0.25, -0.2) is 4.98 Å². The maximum Gasteiger partial charge on any atom is 0.258 e. The van der Waals surface area contributed by atoms with Crippen molar-refractivity contribution in [2.45, 2.75) is 25.8 Å². The van der Waals surface area contributed by atoms with Crippen molar-refractivity contribution in [1.29, 1.82) is 0 Å². The molecule has 2 N–H and O–H groups in total. The summed E-state index contributed by atoms with van der Waals surface area (Å²) in [6, 6.07) is 12.0. The molecule has 1 amide bonds. The number of fused-ring (bicyclic) bond motifs is 1. The summed E-state index contributed by atoms with van der Waals surface area (Å²) in [7, 11) is 0. The Kier molecular flexibility index (Phi) is 5.59. The van der Waals surface area contributed by atoms with Gasteiger partial charge >= 0.3 is 0 Å². The molecule has 26 heavy (non-hydrogen) atoms. The zero-order valence-corrected chi connectivity index (χ0v) is 15.6. The lowest BCUT2D eigenvalue weighted by atomic mass is 10.1. The van der Waals surface area contributed by atoms with Gasteiger partial charge in [-0.2, -0.15) is 0 Å². The number of para-hydroxylation sites is 1. The number of benzene rings is 2. The van der Waals surface area contributed by atoms with Gasteiger partial charge in [0.05, 0.1) is 16.9 Å². The lowest BCUT2D eigenvalue weighted by molar-refractivity contribution is -0.121. The second-order valence-corrected chi connectivity index (χ2v) is 6.83. The highest BCUT2D eigenvalue weighted by Crippen LogP contribution is 2.26. The third kappa shape index (κ3) is 4.23. The lowest BCUT2D eigenvalue weighted by Gasteiger charge is -2.16. The standard InChI is InChI=1S/C19H17Cl2N3O2/c1-11(13-7-6-12(20)10-15(13)21)22-18(25)9-8-17-23-16-5-3-2-4-14(16)19(26)24-17/h2-7,10-11H,8-9H2,1H3,(H,22,25)(H,23,24,26). The molecule has 134 valence electrons. The summed E-state index contributed by atoms with van der Waals surface area (Å²) in [6.45, 7) is 1.85. The molecule has 0 aliphatic carbocycles. The SMILES string of the molecule is CC(NC(=O)CCc1nc2ccccc2c(=O)[nH]1)c1ccc(Cl)cc1Cl. The van der Waals surface area contributed by atoms with Crippen molar-refractivity contribution >= 4 is 40.0 Å². The third-order valence-electron chi connectivity index (χ3n) is 4.06. The molecular formula is C19H17Cl2N3O2. The van der Waals surface area contributed by atoms with Gasteiger partial charge in [-0.05, 0) is 36.8 Å². The van der Waals surface area contributed by atoms with Crippen molar-refractivity contribution in [3.05, 3.63) is 74.3 Å². The number of rotatable bonds is 5. The average Bonchev–Trinajstić information content (AvgIpc) is 2.60. The topological polar surface area (TPSA) is 74.8 Å². The number of hydrogen-bond donors (Lipinski definition) is 2. The van der Waals surface area contributed by atoms with E-state index >= 15 is 0 Å². The van der Waals surface area contributed by atoms with E-state index in [1.54, 1.807) is 36.4 Å². The van der Waals surface area contributed by atoms with E-state index in [1.165, 1.54) is 0 Å². The number of H-pyrrole nitrogens is 1. The number of aryl methyl sites for hydroxylation is 1. The van der Waals surface area contributed by atoms with E-state index in [1.807, 2.05) is 13.0 Å². The molecule has 5 nitrogen and oxygen atoms in total. The number of carbonyl (C=O) groups is 1. The fourth-order valence-corrected chi connectivity index (χ4v) is 3.30. The number of carbonyl (C=O) groups excluding carboxylic acids is 1. The highest BCUT2D eigenvalue weighted by molar-refractivity contribution is 6.35. The fourth-order valence-electron chi connectivity index (χ4n) is 2.73. The molecule has 1 heterocycles. The smallest absolute Gasteiger partial charge is 0.258 e. The zero-order chi connectivity index (χ0) is 18.7. The van der Waals surface area contributed by atoms with Crippen molar-refractivity contribution in [3.8, 4) is 0 Å². The first-order chi connectivity index (χ1) is 12.4. The van der Waals surface area contributed by atoms with E-state index < -0.39 is 0 Å². The Morgan fingerprint density at radius 1 is 1.23 bits per heavy atom. The number of nitrogens with zero attached hydrogens (tertiary/aromatic N) is 1. The fraction of sp³-hybridized carbons (Fsp3) is 0.211. The summed E-state index contributed by atoms with van der Waals surface area (Å²) >= 11 is 12.1. The van der Waals surface area contributed by atoms with Crippen LogP contribution in [0.4, 0.5) is 0 Å². The second kappa shape index (κ2) is 7.89. The van der Waals surface area contributed by atoms with E-state index in [2.05, 4.69) is 15.3 Å². The number of halogens is 2. The van der Waals surface area contributed by atoms with Crippen molar-refractivity contribution in [2.24, 2.45) is 0 Å². The Balaban J connectivity index is 1.64. The zero-order valence-electron chi connectivity index (χ0n) is 14.1. The first-order valence-electron chi connectivity index (χ1n) is 8.16. The minimum Gasteiger partial charge on any atom is -0.350 e. The molecule has 0 aliphatic heterocycles. The summed E-state index contributed by atoms with van der Waals surface area (Å²) in [5.74, 6) is 0.334. The molecule has 0 aliphatic rings. The number of aromatic nitrogens is 2. The Morgan fingerprint density at radius 3 is 2.77 bits per heavy atom. The molecule has 0 spiro atoms. The highest BCUT2D eigenvalue weighted by Gasteiger charge is 2.13. The van der Waals surface area contributed by atoms with Crippen LogP contribution in [0, 0.1) is 0 Å². The van der Waals surface area contributed by atoms with Gasteiger partial charge in [-0.3, -0.25) is 9.59 Å². The maximum atomic E-state index is 12.2. The lowest BCUT2D eigenvalue weighted by Crippen LogP contribution is -2.27. The van der Waals surface area contributed by atoms with Gasteiger partial charge in [0, 0.05) is 22.9 Å². The molecule has 0 saturated carbocycles. The number of nitrogens with one attached hydrogen (secondary N) is 2. The Bertz CT molecular complexity index is 1020. The van der Waals surface area contributed by atoms with Gasteiger partial charge in [-0.15, -0.1) is 0 Å². The number of aromatic amines is 1. The van der Waals surface area contributed by atoms with E-state index in [4.69, 9.17) is 23.2 Å². The van der Waals surface area contributed by atoms with Crippen molar-refractivity contribution in [3.63, 3.8) is 0 Å². The number of amides is 1. The summed E-state index contributed by atoms with van der Waals surface area (Å²) in [5, 5.41) is 4.48. The van der Waals surface area contributed by atoms with Gasteiger partial charge in [-0.1, -0.05) is 41.4 Å². The van der Waals surface area contributed by atoms with E-state index in [0.29, 0.717) is 33.2 Å². The molecule has 0 radical (unpaired) electrons. The molecule has 1 atom stereocenters. The van der Waals surface area contributed by atoms with Gasteiger partial charge in [0.2, 0.25) is 5.91 Å². The molecule has 0 fully saturated rings. The normalized spacial score (nSPS) is 12.1. The molecule has 7 heteroatoms. The van der Waals surface area contributed by atoms with E-state index in [-0.39, 0.29) is 23.9 Å². The summed E-state index contributed by atoms with van der Waals surface area (Å²) in [4.78, 5) is 31.4. The van der Waals surface area contributed by atoms with Crippen molar-refractivity contribution in [1.82, 2.24) is 15.3 Å². The molecule has 3 rings (SSSR count). The van der Waals surface area contributed by atoms with Crippen LogP contribution in [0.3, 0.4) is 0 Å². The Morgan fingerprint density at radius 2 is 2.00 bits per heavy atom. The maximum absolute atomic E-state index is 12.2. The largest absolute Gasteiger partial charge is 0.350 e. The minimum atomic E-state index is -0.254.